The molecule has 0 fully saturated rings. The van der Waals surface area contributed by atoms with Crippen LogP contribution in [0, 0.1) is 0 Å². The zero-order valence-corrected chi connectivity index (χ0v) is 8.26. The maximum Gasteiger partial charge on any atom is 0.338 e. The number of carbonyl (C=O) groups excluding carboxylic acids is 1. The van der Waals surface area contributed by atoms with Crippen molar-refractivity contribution in [3.8, 4) is 0 Å². The van der Waals surface area contributed by atoms with Crippen LogP contribution in [-0.2, 0) is 9.53 Å². The Bertz CT molecular complexity index is 259. The highest BCUT2D eigenvalue weighted by molar-refractivity contribution is 5.92. The third kappa shape index (κ3) is 3.32. The normalized spacial score (nSPS) is 16.1. The number of carbonyl (C=O) groups is 1. The van der Waals surface area contributed by atoms with Crippen molar-refractivity contribution in [2.24, 2.45) is 0 Å². The molecule has 72 valence electrons. The van der Waals surface area contributed by atoms with E-state index in [2.05, 4.69) is 5.32 Å². The van der Waals surface area contributed by atoms with Crippen LogP contribution in [0.1, 0.15) is 20.8 Å². The summed E-state index contributed by atoms with van der Waals surface area (Å²) < 4.78 is 5.19. The van der Waals surface area contributed by atoms with Gasteiger partial charge in [-0.3, -0.25) is 0 Å². The van der Waals surface area contributed by atoms with Crippen LogP contribution in [-0.4, -0.2) is 18.1 Å². The monoisotopic (exact) mass is 181 g/mol. The van der Waals surface area contributed by atoms with Gasteiger partial charge in [0.1, 0.15) is 5.60 Å². The largest absolute Gasteiger partial charge is 0.456 e. The Morgan fingerprint density at radius 2 is 2.23 bits per heavy atom. The molecule has 0 atom stereocenters. The molecule has 0 spiro atoms. The van der Waals surface area contributed by atoms with E-state index in [0.717, 1.165) is 0 Å². The highest BCUT2D eigenvalue weighted by Crippen LogP contribution is 2.12. The van der Waals surface area contributed by atoms with Gasteiger partial charge < -0.3 is 10.1 Å². The summed E-state index contributed by atoms with van der Waals surface area (Å²) in [5.74, 6) is -0.259. The lowest BCUT2D eigenvalue weighted by Gasteiger charge is -2.20. The van der Waals surface area contributed by atoms with Gasteiger partial charge in [-0.25, -0.2) is 4.79 Å². The van der Waals surface area contributed by atoms with Gasteiger partial charge in [0.25, 0.3) is 0 Å². The maximum atomic E-state index is 11.4. The average Bonchev–Trinajstić information content (AvgIpc) is 2.03. The molecule has 1 aliphatic rings. The van der Waals surface area contributed by atoms with Gasteiger partial charge in [-0.1, -0.05) is 6.08 Å². The predicted octanol–water partition coefficient (Wildman–Crippen LogP) is 1.37. The minimum absolute atomic E-state index is 0.259. The van der Waals surface area contributed by atoms with E-state index in [0.29, 0.717) is 12.1 Å². The maximum absolute atomic E-state index is 11.4. The second kappa shape index (κ2) is 3.64. The molecule has 0 aromatic carbocycles. The molecule has 0 bridgehead atoms. The van der Waals surface area contributed by atoms with Gasteiger partial charge in [0.15, 0.2) is 0 Å². The van der Waals surface area contributed by atoms with Gasteiger partial charge in [-0.05, 0) is 33.0 Å². The number of ether oxygens (including phenoxy) is 1. The SMILES string of the molecule is CC(C)(C)OC(=O)C1=CCNC=C1. The Labute approximate surface area is 78.5 Å². The zero-order chi connectivity index (χ0) is 9.90. The summed E-state index contributed by atoms with van der Waals surface area (Å²) in [6, 6.07) is 0. The van der Waals surface area contributed by atoms with Crippen molar-refractivity contribution in [1.29, 1.82) is 0 Å². The molecule has 0 saturated carbocycles. The highest BCUT2D eigenvalue weighted by atomic mass is 16.6. The third-order valence-electron chi connectivity index (χ3n) is 1.46. The molecule has 0 aliphatic carbocycles. The molecular formula is C10H15NO2. The van der Waals surface area contributed by atoms with E-state index < -0.39 is 5.60 Å². The van der Waals surface area contributed by atoms with E-state index in [1.54, 1.807) is 12.3 Å². The van der Waals surface area contributed by atoms with Crippen LogP contribution in [0.4, 0.5) is 0 Å². The summed E-state index contributed by atoms with van der Waals surface area (Å²) in [5.41, 5.74) is 0.199. The summed E-state index contributed by atoms with van der Waals surface area (Å²) in [7, 11) is 0. The molecule has 1 rings (SSSR count). The first-order valence-corrected chi connectivity index (χ1v) is 4.32. The fourth-order valence-corrected chi connectivity index (χ4v) is 0.942. The number of hydrogen-bond donors (Lipinski definition) is 1. The Kier molecular flexibility index (Phi) is 2.76. The number of nitrogens with one attached hydrogen (secondary N) is 1. The van der Waals surface area contributed by atoms with Gasteiger partial charge in [0.05, 0.1) is 5.57 Å². The van der Waals surface area contributed by atoms with Crippen LogP contribution in [0.2, 0.25) is 0 Å². The summed E-state index contributed by atoms with van der Waals surface area (Å²) >= 11 is 0. The van der Waals surface area contributed by atoms with Gasteiger partial charge in [-0.2, -0.15) is 0 Å². The molecule has 0 saturated heterocycles. The van der Waals surface area contributed by atoms with Crippen LogP contribution in [0.5, 0.6) is 0 Å². The Balaban J connectivity index is 2.58. The molecule has 0 aromatic heterocycles. The van der Waals surface area contributed by atoms with Gasteiger partial charge in [0, 0.05) is 6.54 Å². The topological polar surface area (TPSA) is 38.3 Å². The molecule has 0 aromatic rings. The summed E-state index contributed by atoms with van der Waals surface area (Å²) in [6.07, 6.45) is 5.28. The molecule has 1 N–H and O–H groups in total. The van der Waals surface area contributed by atoms with Crippen molar-refractivity contribution in [2.75, 3.05) is 6.54 Å². The fourth-order valence-electron chi connectivity index (χ4n) is 0.942. The Morgan fingerprint density at radius 1 is 1.54 bits per heavy atom. The second-order valence-electron chi connectivity index (χ2n) is 3.90. The number of hydrogen-bond acceptors (Lipinski definition) is 3. The minimum Gasteiger partial charge on any atom is -0.456 e. The van der Waals surface area contributed by atoms with Gasteiger partial charge >= 0.3 is 5.97 Å². The van der Waals surface area contributed by atoms with Crippen LogP contribution < -0.4 is 5.32 Å². The van der Waals surface area contributed by atoms with Crippen molar-refractivity contribution in [3.05, 3.63) is 23.9 Å². The first-order valence-electron chi connectivity index (χ1n) is 4.32. The van der Waals surface area contributed by atoms with E-state index >= 15 is 0 Å². The highest BCUT2D eigenvalue weighted by Gasteiger charge is 2.18. The Hall–Kier alpha value is -1.25. The molecular weight excluding hydrogens is 166 g/mol. The van der Waals surface area contributed by atoms with Crippen molar-refractivity contribution in [3.63, 3.8) is 0 Å². The standard InChI is InChI=1S/C10H15NO2/c1-10(2,3)13-9(12)8-4-6-11-7-5-8/h4-6,11H,7H2,1-3H3. The molecule has 0 amide bonds. The molecule has 1 aliphatic heterocycles. The van der Waals surface area contributed by atoms with Crippen LogP contribution in [0.15, 0.2) is 23.9 Å². The lowest BCUT2D eigenvalue weighted by Crippen LogP contribution is -2.25. The zero-order valence-electron chi connectivity index (χ0n) is 8.26. The van der Waals surface area contributed by atoms with Crippen molar-refractivity contribution in [2.45, 2.75) is 26.4 Å². The lowest BCUT2D eigenvalue weighted by molar-refractivity contribution is -0.149. The van der Waals surface area contributed by atoms with Gasteiger partial charge in [0.2, 0.25) is 0 Å². The van der Waals surface area contributed by atoms with Crippen LogP contribution in [0.3, 0.4) is 0 Å². The average molecular weight is 181 g/mol. The first-order chi connectivity index (χ1) is 5.99. The van der Waals surface area contributed by atoms with Crippen molar-refractivity contribution in [1.82, 2.24) is 5.32 Å². The molecule has 3 heteroatoms. The fraction of sp³-hybridized carbons (Fsp3) is 0.500. The lowest BCUT2D eigenvalue weighted by atomic mass is 10.1. The molecule has 3 nitrogen and oxygen atoms in total. The summed E-state index contributed by atoms with van der Waals surface area (Å²) in [6.45, 7) is 6.26. The van der Waals surface area contributed by atoms with Crippen molar-refractivity contribution < 1.29 is 9.53 Å². The molecule has 0 unspecified atom stereocenters. The smallest absolute Gasteiger partial charge is 0.338 e. The molecule has 0 radical (unpaired) electrons. The molecule has 1 heterocycles. The minimum atomic E-state index is -0.420. The summed E-state index contributed by atoms with van der Waals surface area (Å²) in [5, 5.41) is 2.97. The quantitative estimate of drug-likeness (QED) is 0.621. The first kappa shape index (κ1) is 9.84. The second-order valence-corrected chi connectivity index (χ2v) is 3.90. The predicted molar refractivity (Wildman–Crippen MR) is 51.1 cm³/mol. The molecule has 13 heavy (non-hydrogen) atoms. The van der Waals surface area contributed by atoms with Crippen LogP contribution >= 0.6 is 0 Å². The Morgan fingerprint density at radius 3 is 2.69 bits per heavy atom. The van der Waals surface area contributed by atoms with Gasteiger partial charge in [-0.15, -0.1) is 0 Å². The van der Waals surface area contributed by atoms with E-state index in [1.165, 1.54) is 0 Å². The third-order valence-corrected chi connectivity index (χ3v) is 1.46. The van der Waals surface area contributed by atoms with E-state index in [-0.39, 0.29) is 5.97 Å². The summed E-state index contributed by atoms with van der Waals surface area (Å²) in [4.78, 5) is 11.4. The van der Waals surface area contributed by atoms with Crippen LogP contribution in [0.25, 0.3) is 0 Å². The van der Waals surface area contributed by atoms with Crippen molar-refractivity contribution >= 4 is 5.97 Å². The van der Waals surface area contributed by atoms with E-state index in [9.17, 15) is 4.79 Å². The van der Waals surface area contributed by atoms with E-state index in [4.69, 9.17) is 4.74 Å². The van der Waals surface area contributed by atoms with E-state index in [1.807, 2.05) is 26.8 Å². The number of esters is 1. The number of rotatable bonds is 1. The number of dihydropyridines is 1.